The van der Waals surface area contributed by atoms with Crippen molar-refractivity contribution in [3.63, 3.8) is 0 Å². The normalized spacial score (nSPS) is 18.1. The molecule has 2 aromatic rings. The van der Waals surface area contributed by atoms with Crippen LogP contribution in [0.4, 0.5) is 0 Å². The minimum Gasteiger partial charge on any atom is -0.481 e. The second-order valence-corrected chi connectivity index (χ2v) is 28.8. The summed E-state index contributed by atoms with van der Waals surface area (Å²) in [7, 11) is 0. The summed E-state index contributed by atoms with van der Waals surface area (Å²) in [5, 5.41) is 55.6. The quantitative estimate of drug-likeness (QED) is 0.0425. The van der Waals surface area contributed by atoms with Crippen LogP contribution in [-0.2, 0) is 84.8 Å². The lowest BCUT2D eigenvalue weighted by Gasteiger charge is -2.34. The molecule has 4 rings (SSSR count). The maximum atomic E-state index is 14.8. The van der Waals surface area contributed by atoms with Crippen LogP contribution >= 0.6 is 0 Å². The number of aromatic amines is 1. The molecule has 2 aliphatic rings. The number of carbonyl (C=O) groups is 15. The van der Waals surface area contributed by atoms with Crippen molar-refractivity contribution in [2.45, 2.75) is 252 Å². The first kappa shape index (κ1) is 86.8. The summed E-state index contributed by atoms with van der Waals surface area (Å²) >= 11 is 0. The summed E-state index contributed by atoms with van der Waals surface area (Å²) in [6, 6.07) is -8.63. The number of nitrogens with zero attached hydrogens (tertiary/aromatic N) is 3. The molecule has 33 nitrogen and oxygen atoms in total. The molecule has 2 saturated heterocycles. The first-order valence-corrected chi connectivity index (χ1v) is 36.0. The van der Waals surface area contributed by atoms with Crippen LogP contribution in [0.2, 0.25) is 0 Å². The number of amides is 12. The van der Waals surface area contributed by atoms with E-state index in [9.17, 15) is 87.2 Å². The second-order valence-electron chi connectivity index (χ2n) is 28.8. The Morgan fingerprint density at radius 3 is 1.51 bits per heavy atom. The van der Waals surface area contributed by atoms with Gasteiger partial charge in [0.05, 0.1) is 18.8 Å². The first-order valence-electron chi connectivity index (χ1n) is 36.0. The Bertz CT molecular complexity index is 3300. The lowest BCUT2D eigenvalue weighted by molar-refractivity contribution is -0.145. The molecular weight excluding hydrogens is 1350 g/mol. The zero-order valence-electron chi connectivity index (χ0n) is 62.0. The summed E-state index contributed by atoms with van der Waals surface area (Å²) < 4.78 is 0. The number of aromatic nitrogens is 2. The van der Waals surface area contributed by atoms with Gasteiger partial charge in [0.1, 0.15) is 72.5 Å². The number of benzene rings is 1. The lowest BCUT2D eigenvalue weighted by Crippen LogP contribution is -2.62. The molecule has 12 amide bonds. The predicted molar refractivity (Wildman–Crippen MR) is 379 cm³/mol. The maximum absolute atomic E-state index is 14.8. The smallest absolute Gasteiger partial charge is 0.326 e. The van der Waals surface area contributed by atoms with E-state index in [-0.39, 0.29) is 75.8 Å². The number of nitrogens with one attached hydrogen (secondary N) is 11. The van der Waals surface area contributed by atoms with Crippen LogP contribution in [-0.4, -0.2) is 216 Å². The SMILES string of the molecule is CC[C@H](C)[C@H](N)C(=O)N[C@@H](CC(=O)O)C(=O)N[C@H](C(=O)N[C@H](C(=O)N1CCC[C@H]1C(=O)N[C@H](C(=O)N[C@@H](CCC(=O)O)C(=O)N1CCC[C@H]1C(=O)N[C@@H](Cc1cnc[nH]1)C(=O)N[C@@H](C)C(=O)N[C@@H](CC(C)C)C(=O)N[C@@H](Cc1ccccc1)C(=O)N[C@@H](CC(C)C)C(=O)O)[C@@H](C)CC)C(C)C)C(C)C. The van der Waals surface area contributed by atoms with Gasteiger partial charge < -0.3 is 89.0 Å². The summed E-state index contributed by atoms with van der Waals surface area (Å²) in [5.74, 6) is -16.3. The molecule has 1 aromatic carbocycles. The molecule has 2 aliphatic heterocycles. The lowest BCUT2D eigenvalue weighted by atomic mass is 9.96. The molecule has 16 N–H and O–H groups in total. The van der Waals surface area contributed by atoms with Gasteiger partial charge in [0, 0.05) is 44.2 Å². The van der Waals surface area contributed by atoms with Gasteiger partial charge in [-0.25, -0.2) is 9.78 Å². The highest BCUT2D eigenvalue weighted by molar-refractivity contribution is 6.00. The second kappa shape index (κ2) is 41.7. The number of aliphatic carboxylic acids is 3. The number of imidazole rings is 1. The van der Waals surface area contributed by atoms with Crippen LogP contribution in [0.25, 0.3) is 0 Å². The molecule has 0 saturated carbocycles. The van der Waals surface area contributed by atoms with Gasteiger partial charge in [0.25, 0.3) is 0 Å². The number of likely N-dealkylation sites (tertiary alicyclic amines) is 2. The molecule has 0 aliphatic carbocycles. The largest absolute Gasteiger partial charge is 0.481 e. The Balaban J connectivity index is 1.52. The fraction of sp³-hybridized carbons (Fsp3) is 0.662. The molecule has 3 heterocycles. The van der Waals surface area contributed by atoms with Gasteiger partial charge in [-0.15, -0.1) is 0 Å². The highest BCUT2D eigenvalue weighted by Gasteiger charge is 2.44. The fourth-order valence-electron chi connectivity index (χ4n) is 12.2. The number of H-pyrrole nitrogens is 1. The van der Waals surface area contributed by atoms with E-state index in [0.29, 0.717) is 30.5 Å². The molecule has 0 radical (unpaired) electrons. The Labute approximate surface area is 607 Å². The van der Waals surface area contributed by atoms with Crippen LogP contribution in [0.5, 0.6) is 0 Å². The van der Waals surface area contributed by atoms with Crippen LogP contribution < -0.4 is 58.9 Å². The molecule has 1 aromatic heterocycles. The molecule has 0 unspecified atom stereocenters. The number of carboxylic acid groups (broad SMARTS) is 3. The monoisotopic (exact) mass is 1460 g/mol. The maximum Gasteiger partial charge on any atom is 0.326 e. The van der Waals surface area contributed by atoms with E-state index in [2.05, 4.69) is 63.1 Å². The standard InChI is InChI=1S/C71H111N15O18/c1-14-40(11)55(72)66(98)80-49(33-54(89)90)63(95)82-56(38(7)8)67(99)83-57(39(9)10)70(102)86-28-20-24-52(86)65(97)84-58(41(12)15-2)68(100)76-45(25-26-53(87)88)69(101)85-27-19-23-51(85)64(96)79-48(32-44-34-73-35-74-44)60(92)75-42(13)59(91)77-46(29-36(3)4)61(93)78-47(31-43-21-17-16-18-22-43)62(94)81-50(71(103)104)30-37(5)6/h16-18,21-22,34-42,45-52,55-58H,14-15,19-20,23-33,72H2,1-13H3,(H,73,74)(H,75,92)(H,76,100)(H,77,91)(H,78,93)(H,79,96)(H,80,98)(H,81,94)(H,82,95)(H,83,99)(H,84,97)(H,87,88)(H,89,90)(H,103,104)/t40-,41-,42-,45-,46-,47-,48-,49-,50-,51-,52-,55-,56-,57-,58-/m0/s1. The molecule has 104 heavy (non-hydrogen) atoms. The highest BCUT2D eigenvalue weighted by Crippen LogP contribution is 2.25. The van der Waals surface area contributed by atoms with E-state index < -0.39 is 204 Å². The average Bonchev–Trinajstić information content (AvgIpc) is 1.57. The van der Waals surface area contributed by atoms with Crippen molar-refractivity contribution in [2.75, 3.05) is 13.1 Å². The van der Waals surface area contributed by atoms with Crippen LogP contribution in [0, 0.1) is 35.5 Å². The molecule has 33 heteroatoms. The van der Waals surface area contributed by atoms with Crippen molar-refractivity contribution in [1.29, 1.82) is 0 Å². The van der Waals surface area contributed by atoms with Gasteiger partial charge in [0.2, 0.25) is 70.9 Å². The third-order valence-electron chi connectivity index (χ3n) is 18.7. The van der Waals surface area contributed by atoms with Gasteiger partial charge in [-0.05, 0) is 92.9 Å². The number of hydrogen-bond acceptors (Lipinski definition) is 17. The Morgan fingerprint density at radius 2 is 0.981 bits per heavy atom. The van der Waals surface area contributed by atoms with Crippen molar-refractivity contribution in [1.82, 2.24) is 72.9 Å². The number of hydrogen-bond donors (Lipinski definition) is 15. The zero-order valence-corrected chi connectivity index (χ0v) is 62.0. The van der Waals surface area contributed by atoms with Crippen molar-refractivity contribution < 1.29 is 87.2 Å². The van der Waals surface area contributed by atoms with Crippen molar-refractivity contribution in [3.05, 3.63) is 54.1 Å². The van der Waals surface area contributed by atoms with Crippen molar-refractivity contribution >= 4 is 88.8 Å². The van der Waals surface area contributed by atoms with E-state index in [4.69, 9.17) is 5.73 Å². The van der Waals surface area contributed by atoms with Gasteiger partial charge in [-0.2, -0.15) is 0 Å². The third-order valence-corrected chi connectivity index (χ3v) is 18.7. The van der Waals surface area contributed by atoms with Crippen molar-refractivity contribution in [2.24, 2.45) is 41.2 Å². The Hall–Kier alpha value is -9.56. The number of nitrogens with two attached hydrogens (primary N) is 1. The van der Waals surface area contributed by atoms with E-state index in [0.717, 1.165) is 4.90 Å². The van der Waals surface area contributed by atoms with Gasteiger partial charge >= 0.3 is 17.9 Å². The summed E-state index contributed by atoms with van der Waals surface area (Å²) in [4.78, 5) is 216. The summed E-state index contributed by atoms with van der Waals surface area (Å²) in [6.45, 7) is 21.9. The predicted octanol–water partition coefficient (Wildman–Crippen LogP) is 0.293. The third kappa shape index (κ3) is 26.6. The Morgan fingerprint density at radius 1 is 0.500 bits per heavy atom. The Kier molecular flexibility index (Phi) is 34.8. The molecule has 578 valence electrons. The van der Waals surface area contributed by atoms with E-state index in [1.54, 1.807) is 113 Å². The molecule has 15 atom stereocenters. The average molecular weight is 1460 g/mol. The molecule has 2 fully saturated rings. The molecule has 0 bridgehead atoms. The van der Waals surface area contributed by atoms with Crippen LogP contribution in [0.3, 0.4) is 0 Å². The van der Waals surface area contributed by atoms with Crippen LogP contribution in [0.1, 0.15) is 172 Å². The van der Waals surface area contributed by atoms with Gasteiger partial charge in [-0.1, -0.05) is 126 Å². The summed E-state index contributed by atoms with van der Waals surface area (Å²) in [6.07, 6.45) is 2.32. The number of carbonyl (C=O) groups excluding carboxylic acids is 12. The van der Waals surface area contributed by atoms with E-state index in [1.165, 1.54) is 24.3 Å². The van der Waals surface area contributed by atoms with E-state index in [1.807, 2.05) is 0 Å². The minimum absolute atomic E-state index is 0.0284. The molecular formula is C71H111N15O18. The number of rotatable bonds is 42. The number of carboxylic acids is 3. The van der Waals surface area contributed by atoms with Gasteiger partial charge in [-0.3, -0.25) is 67.1 Å². The van der Waals surface area contributed by atoms with Crippen molar-refractivity contribution in [3.8, 4) is 0 Å². The topological polar surface area (TPSA) is 498 Å². The summed E-state index contributed by atoms with van der Waals surface area (Å²) in [5.41, 5.74) is 7.08. The van der Waals surface area contributed by atoms with Gasteiger partial charge in [0.15, 0.2) is 0 Å². The fourth-order valence-corrected chi connectivity index (χ4v) is 12.2. The minimum atomic E-state index is -1.62. The molecule has 0 spiro atoms. The zero-order chi connectivity index (χ0) is 78.0. The first-order chi connectivity index (χ1) is 48.9. The van der Waals surface area contributed by atoms with E-state index >= 15 is 0 Å². The van der Waals surface area contributed by atoms with Crippen LogP contribution in [0.15, 0.2) is 42.9 Å². The highest BCUT2D eigenvalue weighted by atomic mass is 16.4.